The predicted octanol–water partition coefficient (Wildman–Crippen LogP) is 5.16. The summed E-state index contributed by atoms with van der Waals surface area (Å²) in [5.74, 6) is 0.526. The molecule has 4 atom stereocenters. The molecular formula is C31H34O8. The molecule has 0 N–H and O–H groups in total. The van der Waals surface area contributed by atoms with Crippen LogP contribution in [-0.4, -0.2) is 44.8 Å². The van der Waals surface area contributed by atoms with Crippen molar-refractivity contribution < 1.29 is 38.0 Å². The van der Waals surface area contributed by atoms with Gasteiger partial charge in [0.2, 0.25) is 6.29 Å². The average Bonchev–Trinajstić information content (AvgIpc) is 2.98. The molecule has 0 amide bonds. The number of ether oxygens (including phenoxy) is 7. The monoisotopic (exact) mass is 534 g/mol. The van der Waals surface area contributed by atoms with E-state index in [1.165, 1.54) is 20.3 Å². The molecular weight excluding hydrogens is 500 g/mol. The van der Waals surface area contributed by atoms with Crippen molar-refractivity contribution in [3.05, 3.63) is 114 Å². The maximum atomic E-state index is 11.6. The number of benzene rings is 3. The van der Waals surface area contributed by atoms with Crippen LogP contribution in [-0.2, 0) is 53.0 Å². The van der Waals surface area contributed by atoms with Gasteiger partial charge in [0.25, 0.3) is 0 Å². The number of esters is 1. The minimum Gasteiger partial charge on any atom is -0.497 e. The van der Waals surface area contributed by atoms with Crippen molar-refractivity contribution in [3.8, 4) is 5.75 Å². The van der Waals surface area contributed by atoms with E-state index in [9.17, 15) is 4.79 Å². The number of hydrogen-bond donors (Lipinski definition) is 0. The zero-order chi connectivity index (χ0) is 27.5. The normalized spacial score (nSPS) is 21.8. The molecule has 0 aliphatic carbocycles. The molecule has 0 aromatic heterocycles. The summed E-state index contributed by atoms with van der Waals surface area (Å²) in [6.45, 7) is 2.17. The Balaban J connectivity index is 1.63. The lowest BCUT2D eigenvalue weighted by Gasteiger charge is -2.42. The molecule has 0 spiro atoms. The first-order valence-corrected chi connectivity index (χ1v) is 12.7. The second-order valence-electron chi connectivity index (χ2n) is 8.95. The van der Waals surface area contributed by atoms with Gasteiger partial charge in [-0.25, -0.2) is 0 Å². The van der Waals surface area contributed by atoms with E-state index in [2.05, 4.69) is 0 Å². The van der Waals surface area contributed by atoms with Gasteiger partial charge in [-0.15, -0.1) is 0 Å². The van der Waals surface area contributed by atoms with E-state index in [-0.39, 0.29) is 12.4 Å². The molecule has 1 aliphatic rings. The Labute approximate surface area is 229 Å². The van der Waals surface area contributed by atoms with Crippen molar-refractivity contribution in [2.75, 3.05) is 14.2 Å². The SMILES string of the molecule is COc1ccc(CO[C@@H]2/C(=C/OC(C)=O)O[C@H](OC)[C@H](OCc3ccccc3)[C@H]2OCc2ccccc2)cc1. The molecule has 1 saturated heterocycles. The van der Waals surface area contributed by atoms with E-state index in [1.807, 2.05) is 84.9 Å². The van der Waals surface area contributed by atoms with Crippen LogP contribution in [0.5, 0.6) is 5.75 Å². The van der Waals surface area contributed by atoms with Crippen LogP contribution in [0.4, 0.5) is 0 Å². The van der Waals surface area contributed by atoms with E-state index < -0.39 is 30.6 Å². The fourth-order valence-corrected chi connectivity index (χ4v) is 4.15. The highest BCUT2D eigenvalue weighted by molar-refractivity contribution is 5.66. The van der Waals surface area contributed by atoms with Crippen molar-refractivity contribution in [1.82, 2.24) is 0 Å². The highest BCUT2D eigenvalue weighted by Gasteiger charge is 2.47. The summed E-state index contributed by atoms with van der Waals surface area (Å²) >= 11 is 0. The van der Waals surface area contributed by atoms with E-state index in [0.29, 0.717) is 13.2 Å². The molecule has 1 fully saturated rings. The molecule has 206 valence electrons. The summed E-state index contributed by atoms with van der Waals surface area (Å²) in [7, 11) is 3.15. The zero-order valence-corrected chi connectivity index (χ0v) is 22.4. The first kappa shape index (κ1) is 28.3. The van der Waals surface area contributed by atoms with Gasteiger partial charge in [-0.1, -0.05) is 72.8 Å². The molecule has 4 rings (SSSR count). The quantitative estimate of drug-likeness (QED) is 0.233. The van der Waals surface area contributed by atoms with Gasteiger partial charge in [0.05, 0.1) is 26.9 Å². The first-order chi connectivity index (χ1) is 19.1. The van der Waals surface area contributed by atoms with Gasteiger partial charge in [0, 0.05) is 14.0 Å². The van der Waals surface area contributed by atoms with Gasteiger partial charge >= 0.3 is 5.97 Å². The fraction of sp³-hybridized carbons (Fsp3) is 0.323. The van der Waals surface area contributed by atoms with E-state index in [1.54, 1.807) is 7.11 Å². The predicted molar refractivity (Wildman–Crippen MR) is 143 cm³/mol. The fourth-order valence-electron chi connectivity index (χ4n) is 4.15. The number of carbonyl (C=O) groups is 1. The summed E-state index contributed by atoms with van der Waals surface area (Å²) in [5.41, 5.74) is 2.89. The average molecular weight is 535 g/mol. The molecule has 0 bridgehead atoms. The molecule has 3 aromatic carbocycles. The summed E-state index contributed by atoms with van der Waals surface area (Å²) in [6, 6.07) is 27.2. The standard InChI is InChI=1S/C31H34O8/c1-22(32)35-21-27-28(36-20-25-14-16-26(33-2)17-15-25)29(37-18-23-10-6-4-7-11-23)30(31(34-3)39-27)38-19-24-12-8-5-9-13-24/h4-17,21,28-31H,18-20H2,1-3H3/b27-21-/t28-,29+,30-,31+/m1/s1. The lowest BCUT2D eigenvalue weighted by molar-refractivity contribution is -0.271. The van der Waals surface area contributed by atoms with Gasteiger partial charge in [0.1, 0.15) is 30.3 Å². The molecule has 1 aliphatic heterocycles. The van der Waals surface area contributed by atoms with Crippen LogP contribution >= 0.6 is 0 Å². The molecule has 0 unspecified atom stereocenters. The first-order valence-electron chi connectivity index (χ1n) is 12.7. The van der Waals surface area contributed by atoms with Crippen LogP contribution < -0.4 is 4.74 Å². The molecule has 0 saturated carbocycles. The Morgan fingerprint density at radius 2 is 1.28 bits per heavy atom. The topological polar surface area (TPSA) is 81.7 Å². The summed E-state index contributed by atoms with van der Waals surface area (Å²) in [4.78, 5) is 11.6. The van der Waals surface area contributed by atoms with Crippen LogP contribution in [0.2, 0.25) is 0 Å². The Morgan fingerprint density at radius 3 is 1.82 bits per heavy atom. The number of rotatable bonds is 12. The maximum Gasteiger partial charge on any atom is 0.307 e. The van der Waals surface area contributed by atoms with Crippen molar-refractivity contribution in [2.24, 2.45) is 0 Å². The summed E-state index contributed by atoms with van der Waals surface area (Å²) < 4.78 is 41.4. The van der Waals surface area contributed by atoms with Gasteiger partial charge in [-0.3, -0.25) is 4.79 Å². The Kier molecular flexibility index (Phi) is 10.5. The van der Waals surface area contributed by atoms with Gasteiger partial charge in [0.15, 0.2) is 5.76 Å². The van der Waals surface area contributed by atoms with Crippen LogP contribution in [0, 0.1) is 0 Å². The minimum atomic E-state index is -0.836. The van der Waals surface area contributed by atoms with Crippen LogP contribution in [0.1, 0.15) is 23.6 Å². The van der Waals surface area contributed by atoms with Gasteiger partial charge in [-0.05, 0) is 28.8 Å². The van der Waals surface area contributed by atoms with Crippen molar-refractivity contribution >= 4 is 5.97 Å². The lowest BCUT2D eigenvalue weighted by Crippen LogP contribution is -2.55. The van der Waals surface area contributed by atoms with Gasteiger partial charge in [-0.2, -0.15) is 0 Å². The molecule has 1 heterocycles. The van der Waals surface area contributed by atoms with E-state index in [0.717, 1.165) is 22.4 Å². The van der Waals surface area contributed by atoms with Crippen molar-refractivity contribution in [2.45, 2.75) is 51.3 Å². The molecule has 8 nitrogen and oxygen atoms in total. The Morgan fingerprint density at radius 1 is 0.744 bits per heavy atom. The number of hydrogen-bond acceptors (Lipinski definition) is 8. The number of methoxy groups -OCH3 is 2. The maximum absolute atomic E-state index is 11.6. The van der Waals surface area contributed by atoms with Crippen LogP contribution in [0.25, 0.3) is 0 Å². The molecule has 0 radical (unpaired) electrons. The van der Waals surface area contributed by atoms with Gasteiger partial charge < -0.3 is 33.2 Å². The van der Waals surface area contributed by atoms with Crippen LogP contribution in [0.15, 0.2) is 97.0 Å². The smallest absolute Gasteiger partial charge is 0.307 e. The summed E-state index contributed by atoms with van der Waals surface area (Å²) in [6.07, 6.45) is -1.67. The largest absolute Gasteiger partial charge is 0.497 e. The van der Waals surface area contributed by atoms with Crippen molar-refractivity contribution in [3.63, 3.8) is 0 Å². The van der Waals surface area contributed by atoms with E-state index in [4.69, 9.17) is 33.2 Å². The second-order valence-corrected chi connectivity index (χ2v) is 8.95. The lowest BCUT2D eigenvalue weighted by atomic mass is 10.0. The van der Waals surface area contributed by atoms with Crippen molar-refractivity contribution in [1.29, 1.82) is 0 Å². The minimum absolute atomic E-state index is 0.240. The number of carbonyl (C=O) groups excluding carboxylic acids is 1. The summed E-state index contributed by atoms with van der Waals surface area (Å²) in [5, 5.41) is 0. The third-order valence-corrected chi connectivity index (χ3v) is 6.16. The molecule has 3 aromatic rings. The van der Waals surface area contributed by atoms with E-state index >= 15 is 0 Å². The second kappa shape index (κ2) is 14.5. The highest BCUT2D eigenvalue weighted by Crippen LogP contribution is 2.33. The zero-order valence-electron chi connectivity index (χ0n) is 22.4. The molecule has 39 heavy (non-hydrogen) atoms. The third-order valence-electron chi connectivity index (χ3n) is 6.16. The highest BCUT2D eigenvalue weighted by atomic mass is 16.7. The Bertz CT molecular complexity index is 1180. The molecule has 8 heteroatoms. The Hall–Kier alpha value is -3.69. The third kappa shape index (κ3) is 8.15. The van der Waals surface area contributed by atoms with Crippen LogP contribution in [0.3, 0.4) is 0 Å².